The number of benzene rings is 3. The first-order chi connectivity index (χ1) is 16.2. The van der Waals surface area contributed by atoms with E-state index in [1.807, 2.05) is 0 Å². The zero-order valence-electron chi connectivity index (χ0n) is 17.6. The smallest absolute Gasteiger partial charge is 0.255 e. The molecule has 1 atom stereocenters. The number of aliphatic hydroxyl groups excluding tert-OH is 1. The molecule has 10 heteroatoms. The second-order valence-electron chi connectivity index (χ2n) is 7.77. The lowest BCUT2D eigenvalue weighted by molar-refractivity contribution is -0.119. The van der Waals surface area contributed by atoms with Gasteiger partial charge in [-0.1, -0.05) is 41.4 Å². The minimum absolute atomic E-state index is 0.0741. The van der Waals surface area contributed by atoms with Crippen molar-refractivity contribution in [2.45, 2.75) is 12.0 Å². The number of carbonyl (C=O) groups is 2. The maximum absolute atomic E-state index is 14.3. The number of amides is 2. The highest BCUT2D eigenvalue weighted by molar-refractivity contribution is 6.31. The van der Waals surface area contributed by atoms with E-state index < -0.39 is 29.0 Å². The average Bonchev–Trinajstić information content (AvgIpc) is 3.04. The van der Waals surface area contributed by atoms with Gasteiger partial charge in [0.05, 0.1) is 17.9 Å². The molecule has 4 rings (SSSR count). The highest BCUT2D eigenvalue weighted by atomic mass is 35.5. The van der Waals surface area contributed by atoms with E-state index in [2.05, 4.69) is 16.0 Å². The summed E-state index contributed by atoms with van der Waals surface area (Å²) >= 11 is 12.2. The lowest BCUT2D eigenvalue weighted by Crippen LogP contribution is -2.45. The highest BCUT2D eigenvalue weighted by Gasteiger charge is 2.47. The molecule has 1 aliphatic rings. The third-order valence-corrected chi connectivity index (χ3v) is 5.96. The monoisotopic (exact) mass is 505 g/mol. The fraction of sp³-hybridized carbons (Fsp3) is 0.167. The lowest BCUT2D eigenvalue weighted by Gasteiger charge is -2.31. The van der Waals surface area contributed by atoms with Crippen molar-refractivity contribution in [3.63, 3.8) is 0 Å². The molecule has 0 aliphatic carbocycles. The summed E-state index contributed by atoms with van der Waals surface area (Å²) in [5.74, 6) is -3.65. The molecule has 1 unspecified atom stereocenters. The Morgan fingerprint density at radius 1 is 1.03 bits per heavy atom. The summed E-state index contributed by atoms with van der Waals surface area (Å²) in [5, 5.41) is 18.1. The van der Waals surface area contributed by atoms with Gasteiger partial charge in [0.1, 0.15) is 5.54 Å². The summed E-state index contributed by atoms with van der Waals surface area (Å²) < 4.78 is 28.3. The summed E-state index contributed by atoms with van der Waals surface area (Å²) in [7, 11) is 0. The molecule has 3 aromatic rings. The molecule has 3 aromatic carbocycles. The second-order valence-corrected chi connectivity index (χ2v) is 8.65. The third-order valence-electron chi connectivity index (χ3n) is 5.49. The molecule has 1 heterocycles. The molecule has 1 aliphatic heterocycles. The maximum atomic E-state index is 14.3. The molecule has 34 heavy (non-hydrogen) atoms. The van der Waals surface area contributed by atoms with Gasteiger partial charge >= 0.3 is 0 Å². The molecule has 0 fully saturated rings. The van der Waals surface area contributed by atoms with Crippen LogP contribution in [0.25, 0.3) is 0 Å². The zero-order valence-corrected chi connectivity index (χ0v) is 19.1. The van der Waals surface area contributed by atoms with Gasteiger partial charge in [0.25, 0.3) is 11.8 Å². The molecule has 0 saturated heterocycles. The first kappa shape index (κ1) is 23.9. The number of aliphatic hydroxyl groups is 1. The Bertz CT molecular complexity index is 1290. The van der Waals surface area contributed by atoms with Gasteiger partial charge in [-0.2, -0.15) is 0 Å². The Kier molecular flexibility index (Phi) is 6.74. The van der Waals surface area contributed by atoms with Crippen LogP contribution >= 0.6 is 23.2 Å². The Balaban J connectivity index is 1.86. The first-order valence-corrected chi connectivity index (χ1v) is 11.0. The minimum Gasteiger partial charge on any atom is -0.395 e. The number of anilines is 2. The van der Waals surface area contributed by atoms with Gasteiger partial charge in [0.15, 0.2) is 11.6 Å². The quantitative estimate of drug-likeness (QED) is 0.380. The van der Waals surface area contributed by atoms with Crippen LogP contribution in [0.15, 0.2) is 54.6 Å². The van der Waals surface area contributed by atoms with Crippen LogP contribution in [-0.2, 0) is 16.8 Å². The van der Waals surface area contributed by atoms with Gasteiger partial charge in [-0.15, -0.1) is 0 Å². The number of rotatable bonds is 7. The van der Waals surface area contributed by atoms with Crippen LogP contribution in [0.5, 0.6) is 0 Å². The Labute approximate surface area is 203 Å². The third kappa shape index (κ3) is 4.57. The summed E-state index contributed by atoms with van der Waals surface area (Å²) in [6.45, 7) is -0.430. The Morgan fingerprint density at radius 3 is 2.50 bits per heavy atom. The number of hydrogen-bond donors (Lipinski definition) is 4. The van der Waals surface area contributed by atoms with Crippen molar-refractivity contribution >= 4 is 46.4 Å². The van der Waals surface area contributed by atoms with Crippen LogP contribution < -0.4 is 16.0 Å². The number of carbonyl (C=O) groups excluding carboxylic acids is 2. The summed E-state index contributed by atoms with van der Waals surface area (Å²) in [6, 6.07) is 13.3. The van der Waals surface area contributed by atoms with Crippen molar-refractivity contribution in [3.8, 4) is 0 Å². The van der Waals surface area contributed by atoms with E-state index in [4.69, 9.17) is 28.3 Å². The van der Waals surface area contributed by atoms with E-state index in [1.165, 1.54) is 0 Å². The topological polar surface area (TPSA) is 90.5 Å². The van der Waals surface area contributed by atoms with E-state index in [0.29, 0.717) is 26.9 Å². The second kappa shape index (κ2) is 9.58. The van der Waals surface area contributed by atoms with Crippen LogP contribution in [0.2, 0.25) is 10.0 Å². The molecule has 0 bridgehead atoms. The van der Waals surface area contributed by atoms with Crippen molar-refractivity contribution in [1.29, 1.82) is 0 Å². The largest absolute Gasteiger partial charge is 0.395 e. The number of nitrogens with one attached hydrogen (secondary N) is 3. The standard InChI is InChI=1S/C24H19Cl2F2N3O3/c25-14-3-1-2-13(8-14)12-24(17-5-4-15(26)9-21(17)30-23(24)34)31-20-11-19(28)18(27)10-16(20)22(33)29-6-7-32/h1-5,8-11,31-32H,6-7,12H2,(H,29,33)(H,30,34). The molecule has 0 radical (unpaired) electrons. The van der Waals surface area contributed by atoms with E-state index in [0.717, 1.165) is 12.1 Å². The van der Waals surface area contributed by atoms with Crippen LogP contribution in [0.1, 0.15) is 21.5 Å². The average molecular weight is 506 g/mol. The highest BCUT2D eigenvalue weighted by Crippen LogP contribution is 2.43. The van der Waals surface area contributed by atoms with E-state index in [1.54, 1.807) is 42.5 Å². The molecule has 4 N–H and O–H groups in total. The molecule has 6 nitrogen and oxygen atoms in total. The molecule has 176 valence electrons. The normalized spacial score (nSPS) is 16.7. The van der Waals surface area contributed by atoms with Crippen molar-refractivity contribution in [2.24, 2.45) is 0 Å². The van der Waals surface area contributed by atoms with E-state index >= 15 is 0 Å². The number of hydrogen-bond acceptors (Lipinski definition) is 4. The van der Waals surface area contributed by atoms with Crippen LogP contribution in [-0.4, -0.2) is 30.1 Å². The van der Waals surface area contributed by atoms with Gasteiger partial charge in [0.2, 0.25) is 0 Å². The Hall–Kier alpha value is -3.20. The van der Waals surface area contributed by atoms with Crippen LogP contribution in [0, 0.1) is 11.6 Å². The van der Waals surface area contributed by atoms with Crippen molar-refractivity contribution in [2.75, 3.05) is 23.8 Å². The summed E-state index contributed by atoms with van der Waals surface area (Å²) in [6.07, 6.45) is 0.0741. The molecule has 0 saturated carbocycles. The van der Waals surface area contributed by atoms with Crippen LogP contribution in [0.4, 0.5) is 20.2 Å². The zero-order chi connectivity index (χ0) is 24.5. The summed E-state index contributed by atoms with van der Waals surface area (Å²) in [4.78, 5) is 26.1. The minimum atomic E-state index is -1.50. The predicted molar refractivity (Wildman–Crippen MR) is 126 cm³/mol. The fourth-order valence-electron chi connectivity index (χ4n) is 3.97. The SMILES string of the molecule is O=C(NCCO)c1cc(F)c(F)cc1NC1(Cc2cccc(Cl)c2)C(=O)Nc2cc(Cl)ccc21. The molecule has 0 spiro atoms. The van der Waals surface area contributed by atoms with Crippen molar-refractivity contribution in [1.82, 2.24) is 5.32 Å². The van der Waals surface area contributed by atoms with Gasteiger partial charge in [-0.3, -0.25) is 9.59 Å². The van der Waals surface area contributed by atoms with Crippen molar-refractivity contribution < 1.29 is 23.5 Å². The fourth-order valence-corrected chi connectivity index (χ4v) is 4.36. The maximum Gasteiger partial charge on any atom is 0.255 e. The first-order valence-electron chi connectivity index (χ1n) is 10.3. The summed E-state index contributed by atoms with van der Waals surface area (Å²) in [5.41, 5.74) is -0.190. The van der Waals surface area contributed by atoms with Gasteiger partial charge < -0.3 is 21.1 Å². The lowest BCUT2D eigenvalue weighted by atomic mass is 9.84. The van der Waals surface area contributed by atoms with Gasteiger partial charge in [-0.25, -0.2) is 8.78 Å². The van der Waals surface area contributed by atoms with Gasteiger partial charge in [0, 0.05) is 40.3 Å². The van der Waals surface area contributed by atoms with E-state index in [9.17, 15) is 18.4 Å². The number of halogens is 4. The molecule has 0 aromatic heterocycles. The molecule has 2 amide bonds. The molecular weight excluding hydrogens is 487 g/mol. The molecular formula is C24H19Cl2F2N3O3. The van der Waals surface area contributed by atoms with Crippen molar-refractivity contribution in [3.05, 3.63) is 93.0 Å². The van der Waals surface area contributed by atoms with Crippen LogP contribution in [0.3, 0.4) is 0 Å². The van der Waals surface area contributed by atoms with Gasteiger partial charge in [-0.05, 0) is 35.9 Å². The number of fused-ring (bicyclic) bond motifs is 1. The Morgan fingerprint density at radius 2 is 1.76 bits per heavy atom. The van der Waals surface area contributed by atoms with E-state index in [-0.39, 0.29) is 30.8 Å². The predicted octanol–water partition coefficient (Wildman–Crippen LogP) is 4.50.